The maximum absolute atomic E-state index is 11.6. The van der Waals surface area contributed by atoms with Gasteiger partial charge in [-0.25, -0.2) is 0 Å². The largest absolute Gasteiger partial charge is 0.355 e. The fourth-order valence-corrected chi connectivity index (χ4v) is 1.66. The molecule has 0 aromatic carbocycles. The number of unbranched alkanes of at least 4 members (excludes halogenated alkanes) is 2. The summed E-state index contributed by atoms with van der Waals surface area (Å²) in [7, 11) is 0. The molecular weight excluding hydrogens is 214 g/mol. The van der Waals surface area contributed by atoms with Crippen LogP contribution in [-0.2, 0) is 4.79 Å². The van der Waals surface area contributed by atoms with Gasteiger partial charge in [-0.2, -0.15) is 0 Å². The minimum Gasteiger partial charge on any atom is -0.355 e. The molecule has 4 nitrogen and oxygen atoms in total. The second kappa shape index (κ2) is 10.5. The Bertz CT molecular complexity index is 195. The quantitative estimate of drug-likeness (QED) is 0.507. The zero-order valence-corrected chi connectivity index (χ0v) is 11.4. The van der Waals surface area contributed by atoms with Crippen molar-refractivity contribution in [3.8, 4) is 0 Å². The maximum atomic E-state index is 11.6. The van der Waals surface area contributed by atoms with Crippen LogP contribution in [0.1, 0.15) is 52.4 Å². The Balaban J connectivity index is 3.44. The van der Waals surface area contributed by atoms with E-state index < -0.39 is 0 Å². The summed E-state index contributed by atoms with van der Waals surface area (Å²) in [5, 5.41) is 2.89. The van der Waals surface area contributed by atoms with Gasteiger partial charge in [-0.3, -0.25) is 4.79 Å². The maximum Gasteiger partial charge on any atom is 0.236 e. The zero-order valence-electron chi connectivity index (χ0n) is 11.4. The van der Waals surface area contributed by atoms with Crippen molar-refractivity contribution < 1.29 is 4.79 Å². The minimum atomic E-state index is -0.369. The van der Waals surface area contributed by atoms with Crippen molar-refractivity contribution in [2.75, 3.05) is 13.1 Å². The van der Waals surface area contributed by atoms with Gasteiger partial charge in [0.25, 0.3) is 0 Å². The third-order valence-electron chi connectivity index (χ3n) is 2.81. The van der Waals surface area contributed by atoms with E-state index in [0.717, 1.165) is 38.1 Å². The summed E-state index contributed by atoms with van der Waals surface area (Å²) >= 11 is 0. The summed E-state index contributed by atoms with van der Waals surface area (Å²) in [5.41, 5.74) is 11.2. The van der Waals surface area contributed by atoms with Crippen molar-refractivity contribution in [2.24, 2.45) is 17.4 Å². The number of hydrogen-bond donors (Lipinski definition) is 3. The van der Waals surface area contributed by atoms with E-state index in [2.05, 4.69) is 19.2 Å². The molecule has 0 aromatic rings. The molecule has 0 spiro atoms. The number of hydrogen-bond acceptors (Lipinski definition) is 3. The van der Waals surface area contributed by atoms with Crippen LogP contribution in [-0.4, -0.2) is 25.0 Å². The van der Waals surface area contributed by atoms with Crippen LogP contribution in [0.15, 0.2) is 0 Å². The van der Waals surface area contributed by atoms with Crippen LogP contribution in [0.2, 0.25) is 0 Å². The second-order valence-electron chi connectivity index (χ2n) is 5.07. The summed E-state index contributed by atoms with van der Waals surface area (Å²) in [4.78, 5) is 11.6. The summed E-state index contributed by atoms with van der Waals surface area (Å²) in [5.74, 6) is 0.718. The lowest BCUT2D eigenvalue weighted by atomic mass is 10.1. The van der Waals surface area contributed by atoms with E-state index in [-0.39, 0.29) is 11.9 Å². The standard InChI is InChI=1S/C13H29N3O/c1-11(2)7-4-6-10-16-13(17)12(15)8-3-5-9-14/h11-12H,3-10,14-15H2,1-2H3,(H,16,17)/t12-/m1/s1. The van der Waals surface area contributed by atoms with Crippen molar-refractivity contribution in [1.29, 1.82) is 0 Å². The fraction of sp³-hybridized carbons (Fsp3) is 0.923. The highest BCUT2D eigenvalue weighted by Gasteiger charge is 2.11. The van der Waals surface area contributed by atoms with Crippen LogP contribution in [0, 0.1) is 5.92 Å². The van der Waals surface area contributed by atoms with Crippen LogP contribution in [0.3, 0.4) is 0 Å². The van der Waals surface area contributed by atoms with Gasteiger partial charge < -0.3 is 16.8 Å². The molecule has 0 rings (SSSR count). The lowest BCUT2D eigenvalue weighted by Crippen LogP contribution is -2.40. The first-order valence-electron chi connectivity index (χ1n) is 6.81. The van der Waals surface area contributed by atoms with Crippen molar-refractivity contribution in [1.82, 2.24) is 5.32 Å². The van der Waals surface area contributed by atoms with E-state index in [1.165, 1.54) is 12.8 Å². The summed E-state index contributed by atoms with van der Waals surface area (Å²) in [6.45, 7) is 5.84. The fourth-order valence-electron chi connectivity index (χ4n) is 1.66. The molecule has 0 aliphatic carbocycles. The van der Waals surface area contributed by atoms with Gasteiger partial charge in [0, 0.05) is 6.54 Å². The highest BCUT2D eigenvalue weighted by atomic mass is 16.2. The lowest BCUT2D eigenvalue weighted by molar-refractivity contribution is -0.122. The van der Waals surface area contributed by atoms with Gasteiger partial charge in [0.15, 0.2) is 0 Å². The molecule has 1 atom stereocenters. The molecule has 0 heterocycles. The topological polar surface area (TPSA) is 81.1 Å². The van der Waals surface area contributed by atoms with Gasteiger partial charge in [0.2, 0.25) is 5.91 Å². The first-order valence-corrected chi connectivity index (χ1v) is 6.81. The van der Waals surface area contributed by atoms with Crippen molar-refractivity contribution in [2.45, 2.75) is 58.4 Å². The highest BCUT2D eigenvalue weighted by molar-refractivity contribution is 5.81. The third kappa shape index (κ3) is 10.3. The molecule has 17 heavy (non-hydrogen) atoms. The van der Waals surface area contributed by atoms with Gasteiger partial charge in [0.1, 0.15) is 0 Å². The van der Waals surface area contributed by atoms with Crippen LogP contribution >= 0.6 is 0 Å². The minimum absolute atomic E-state index is 0.0217. The predicted molar refractivity (Wildman–Crippen MR) is 72.6 cm³/mol. The van der Waals surface area contributed by atoms with Crippen molar-refractivity contribution >= 4 is 5.91 Å². The molecule has 0 aliphatic rings. The molecule has 0 saturated heterocycles. The van der Waals surface area contributed by atoms with Gasteiger partial charge in [0.05, 0.1) is 6.04 Å². The van der Waals surface area contributed by atoms with Gasteiger partial charge in [-0.1, -0.05) is 33.1 Å². The number of nitrogens with two attached hydrogens (primary N) is 2. The molecule has 0 saturated carbocycles. The zero-order chi connectivity index (χ0) is 13.1. The first-order chi connectivity index (χ1) is 8.07. The first kappa shape index (κ1) is 16.4. The predicted octanol–water partition coefficient (Wildman–Crippen LogP) is 1.39. The molecule has 0 radical (unpaired) electrons. The van der Waals surface area contributed by atoms with E-state index in [4.69, 9.17) is 11.5 Å². The summed E-state index contributed by atoms with van der Waals surface area (Å²) in [6.07, 6.45) is 6.03. The molecule has 5 N–H and O–H groups in total. The number of rotatable bonds is 10. The molecule has 0 aliphatic heterocycles. The molecule has 0 fully saturated rings. The van der Waals surface area contributed by atoms with Crippen LogP contribution in [0.4, 0.5) is 0 Å². The number of nitrogens with one attached hydrogen (secondary N) is 1. The average Bonchev–Trinajstić information content (AvgIpc) is 2.28. The highest BCUT2D eigenvalue weighted by Crippen LogP contribution is 2.05. The molecule has 4 heteroatoms. The van der Waals surface area contributed by atoms with E-state index >= 15 is 0 Å². The van der Waals surface area contributed by atoms with Crippen LogP contribution < -0.4 is 16.8 Å². The third-order valence-corrected chi connectivity index (χ3v) is 2.81. The van der Waals surface area contributed by atoms with Gasteiger partial charge in [-0.05, 0) is 31.7 Å². The SMILES string of the molecule is CC(C)CCCCNC(=O)[C@H](N)CCCCN. The Morgan fingerprint density at radius 1 is 1.12 bits per heavy atom. The average molecular weight is 243 g/mol. The smallest absolute Gasteiger partial charge is 0.236 e. The van der Waals surface area contributed by atoms with E-state index in [0.29, 0.717) is 6.54 Å². The van der Waals surface area contributed by atoms with E-state index in [1.54, 1.807) is 0 Å². The Morgan fingerprint density at radius 3 is 2.35 bits per heavy atom. The monoisotopic (exact) mass is 243 g/mol. The van der Waals surface area contributed by atoms with Crippen LogP contribution in [0.25, 0.3) is 0 Å². The summed E-state index contributed by atoms with van der Waals surface area (Å²) < 4.78 is 0. The van der Waals surface area contributed by atoms with E-state index in [9.17, 15) is 4.79 Å². The Morgan fingerprint density at radius 2 is 1.76 bits per heavy atom. The Labute approximate surface area is 106 Å². The second-order valence-corrected chi connectivity index (χ2v) is 5.07. The molecule has 0 bridgehead atoms. The molecular formula is C13H29N3O. The number of amides is 1. The lowest BCUT2D eigenvalue weighted by Gasteiger charge is -2.12. The van der Waals surface area contributed by atoms with Gasteiger partial charge >= 0.3 is 0 Å². The Hall–Kier alpha value is -0.610. The normalized spacial score (nSPS) is 12.8. The molecule has 0 aromatic heterocycles. The molecule has 102 valence electrons. The number of carbonyl (C=O) groups is 1. The van der Waals surface area contributed by atoms with E-state index in [1.807, 2.05) is 0 Å². The summed E-state index contributed by atoms with van der Waals surface area (Å²) in [6, 6.07) is -0.369. The van der Waals surface area contributed by atoms with Crippen LogP contribution in [0.5, 0.6) is 0 Å². The van der Waals surface area contributed by atoms with Gasteiger partial charge in [-0.15, -0.1) is 0 Å². The van der Waals surface area contributed by atoms with Crippen molar-refractivity contribution in [3.05, 3.63) is 0 Å². The number of carbonyl (C=O) groups excluding carboxylic acids is 1. The van der Waals surface area contributed by atoms with Crippen molar-refractivity contribution in [3.63, 3.8) is 0 Å². The molecule has 0 unspecified atom stereocenters. The molecule has 1 amide bonds. The Kier molecular flexibility index (Phi) is 10.2.